The van der Waals surface area contributed by atoms with Crippen LogP contribution in [0.15, 0.2) is 30.5 Å². The van der Waals surface area contributed by atoms with Gasteiger partial charge in [-0.05, 0) is 63.6 Å². The Morgan fingerprint density at radius 1 is 1.20 bits per heavy atom. The van der Waals surface area contributed by atoms with Crippen molar-refractivity contribution in [1.82, 2.24) is 35.9 Å². The number of halogens is 1. The Morgan fingerprint density at radius 3 is 2.76 bits per heavy atom. The first kappa shape index (κ1) is 29.1. The minimum Gasteiger partial charge on any atom is -0.381 e. The minimum absolute atomic E-state index is 0.233. The lowest BCUT2D eigenvalue weighted by Crippen LogP contribution is -2.43. The normalized spacial score (nSPS) is 21.1. The van der Waals surface area contributed by atoms with Crippen molar-refractivity contribution in [3.63, 3.8) is 0 Å². The van der Waals surface area contributed by atoms with Gasteiger partial charge in [0, 0.05) is 49.6 Å². The molecule has 1 saturated carbocycles. The Hall–Kier alpha value is -3.37. The van der Waals surface area contributed by atoms with E-state index in [0.29, 0.717) is 61.7 Å². The maximum Gasteiger partial charge on any atom is 0.200 e. The molecule has 0 amide bonds. The summed E-state index contributed by atoms with van der Waals surface area (Å²) in [4.78, 5) is 9.33. The fraction of sp³-hybridized carbons (Fsp3) is 0.571. The van der Waals surface area contributed by atoms with Gasteiger partial charge in [0.2, 0.25) is 0 Å². The number of anilines is 2. The molecule has 0 unspecified atom stereocenters. The number of nitriles is 1. The number of nitrogens with zero attached hydrogens (tertiary/aromatic N) is 6. The molecule has 0 bridgehead atoms. The van der Waals surface area contributed by atoms with Gasteiger partial charge in [0.25, 0.3) is 0 Å². The Morgan fingerprint density at radius 2 is 2.00 bits per heavy atom. The summed E-state index contributed by atoms with van der Waals surface area (Å²) >= 11 is 6.56. The Labute approximate surface area is 245 Å². The first-order chi connectivity index (χ1) is 20.0. The number of aromatic amines is 1. The SMILES string of the molecule is C[C@@H](COCc1nn[nH]n1)NC1CCC(Nc2cc(-c3cccc(NCC4(C#N)CCOCC4)n3)c(Cl)cn2)CC1. The van der Waals surface area contributed by atoms with Crippen molar-refractivity contribution in [2.45, 2.75) is 70.2 Å². The monoisotopic (exact) mass is 580 g/mol. The van der Waals surface area contributed by atoms with E-state index in [0.717, 1.165) is 55.6 Å². The van der Waals surface area contributed by atoms with Crippen LogP contribution in [0.1, 0.15) is 51.3 Å². The second kappa shape index (κ2) is 14.0. The molecule has 5 rings (SSSR count). The molecule has 0 aromatic carbocycles. The standard InChI is InChI=1S/C28H37ClN10O2/c1-19(15-41-16-27-36-38-39-37-27)33-20-5-7-21(8-6-20)34-26-13-22(23(29)14-31-26)24-3-2-4-25(35-24)32-18-28(17-30)9-11-40-12-10-28/h2-4,13-14,19-21,33H,5-12,15-16,18H2,1H3,(H,31,34)(H,32,35)(H,36,37,38,39)/t19-,20?,21?/m0/s1. The molecule has 1 saturated heterocycles. The summed E-state index contributed by atoms with van der Waals surface area (Å²) in [5.74, 6) is 2.06. The summed E-state index contributed by atoms with van der Waals surface area (Å²) in [6, 6.07) is 11.3. The maximum atomic E-state index is 9.76. The van der Waals surface area contributed by atoms with E-state index in [1.807, 2.05) is 24.3 Å². The van der Waals surface area contributed by atoms with Crippen LogP contribution in [-0.4, -0.2) is 75.1 Å². The van der Waals surface area contributed by atoms with Crippen molar-refractivity contribution >= 4 is 23.2 Å². The van der Waals surface area contributed by atoms with Gasteiger partial charge in [0.05, 0.1) is 28.8 Å². The Kier molecular flexibility index (Phi) is 9.95. The number of nitrogens with one attached hydrogen (secondary N) is 4. The number of tetrazole rings is 1. The molecule has 0 spiro atoms. The van der Waals surface area contributed by atoms with Gasteiger partial charge in [-0.1, -0.05) is 22.9 Å². The highest BCUT2D eigenvalue weighted by molar-refractivity contribution is 6.33. The van der Waals surface area contributed by atoms with E-state index in [1.54, 1.807) is 6.20 Å². The molecule has 1 atom stereocenters. The van der Waals surface area contributed by atoms with Crippen molar-refractivity contribution in [3.8, 4) is 17.3 Å². The molecule has 2 fully saturated rings. The molecule has 4 N–H and O–H groups in total. The van der Waals surface area contributed by atoms with Gasteiger partial charge in [-0.2, -0.15) is 10.5 Å². The van der Waals surface area contributed by atoms with Crippen molar-refractivity contribution in [2.24, 2.45) is 5.41 Å². The lowest BCUT2D eigenvalue weighted by Gasteiger charge is -2.32. The first-order valence-corrected chi connectivity index (χ1v) is 14.6. The molecule has 13 heteroatoms. The number of hydrogen-bond acceptors (Lipinski definition) is 11. The van der Waals surface area contributed by atoms with Gasteiger partial charge in [0.15, 0.2) is 5.82 Å². The van der Waals surface area contributed by atoms with E-state index < -0.39 is 5.41 Å². The topological polar surface area (TPSA) is 159 Å². The van der Waals surface area contributed by atoms with E-state index in [2.05, 4.69) is 54.6 Å². The molecule has 4 heterocycles. The number of rotatable bonds is 12. The third kappa shape index (κ3) is 8.10. The van der Waals surface area contributed by atoms with Gasteiger partial charge in [0.1, 0.15) is 18.2 Å². The van der Waals surface area contributed by atoms with Crippen LogP contribution in [-0.2, 0) is 16.1 Å². The summed E-state index contributed by atoms with van der Waals surface area (Å²) in [6.45, 7) is 4.82. The van der Waals surface area contributed by atoms with Crippen LogP contribution in [0, 0.1) is 16.7 Å². The summed E-state index contributed by atoms with van der Waals surface area (Å²) < 4.78 is 11.1. The zero-order valence-corrected chi connectivity index (χ0v) is 24.0. The van der Waals surface area contributed by atoms with Crippen LogP contribution >= 0.6 is 11.6 Å². The molecule has 1 aliphatic heterocycles. The van der Waals surface area contributed by atoms with Crippen molar-refractivity contribution in [2.75, 3.05) is 37.0 Å². The van der Waals surface area contributed by atoms with Crippen molar-refractivity contribution in [3.05, 3.63) is 41.3 Å². The van der Waals surface area contributed by atoms with Crippen molar-refractivity contribution < 1.29 is 9.47 Å². The van der Waals surface area contributed by atoms with E-state index in [4.69, 9.17) is 26.1 Å². The second-order valence-corrected chi connectivity index (χ2v) is 11.3. The van der Waals surface area contributed by atoms with Crippen LogP contribution in [0.3, 0.4) is 0 Å². The fourth-order valence-corrected chi connectivity index (χ4v) is 5.58. The molecule has 218 valence electrons. The van der Waals surface area contributed by atoms with Crippen molar-refractivity contribution in [1.29, 1.82) is 5.26 Å². The smallest absolute Gasteiger partial charge is 0.200 e. The highest BCUT2D eigenvalue weighted by atomic mass is 35.5. The highest BCUT2D eigenvalue weighted by Gasteiger charge is 2.32. The van der Waals surface area contributed by atoms with E-state index in [-0.39, 0.29) is 6.04 Å². The first-order valence-electron chi connectivity index (χ1n) is 14.2. The van der Waals surface area contributed by atoms with E-state index >= 15 is 0 Å². The zero-order valence-electron chi connectivity index (χ0n) is 23.3. The minimum atomic E-state index is -0.433. The molecule has 12 nitrogen and oxygen atoms in total. The summed E-state index contributed by atoms with van der Waals surface area (Å²) in [6.07, 6.45) is 7.33. The molecule has 41 heavy (non-hydrogen) atoms. The quantitative estimate of drug-likeness (QED) is 0.245. The third-order valence-electron chi connectivity index (χ3n) is 7.76. The third-order valence-corrected chi connectivity index (χ3v) is 8.06. The number of hydrogen-bond donors (Lipinski definition) is 4. The Bertz CT molecular complexity index is 1290. The summed E-state index contributed by atoms with van der Waals surface area (Å²) in [5, 5.41) is 34.7. The van der Waals surface area contributed by atoms with Gasteiger partial charge in [-0.3, -0.25) is 0 Å². The lowest BCUT2D eigenvalue weighted by atomic mass is 9.82. The lowest BCUT2D eigenvalue weighted by molar-refractivity contribution is 0.0455. The maximum absolute atomic E-state index is 9.76. The molecular formula is C28H37ClN10O2. The van der Waals surface area contributed by atoms with Crippen LogP contribution in [0.2, 0.25) is 5.02 Å². The van der Waals surface area contributed by atoms with Gasteiger partial charge < -0.3 is 25.4 Å². The van der Waals surface area contributed by atoms with Crippen LogP contribution in [0.25, 0.3) is 11.3 Å². The van der Waals surface area contributed by atoms with Crippen LogP contribution < -0.4 is 16.0 Å². The van der Waals surface area contributed by atoms with Gasteiger partial charge in [-0.25, -0.2) is 9.97 Å². The van der Waals surface area contributed by atoms with Crippen LogP contribution in [0.4, 0.5) is 11.6 Å². The number of aromatic nitrogens is 6. The number of pyridine rings is 2. The Balaban J connectivity index is 1.11. The molecule has 3 aromatic rings. The summed E-state index contributed by atoms with van der Waals surface area (Å²) in [5.41, 5.74) is 1.14. The van der Waals surface area contributed by atoms with Crippen LogP contribution in [0.5, 0.6) is 0 Å². The largest absolute Gasteiger partial charge is 0.381 e. The molecular weight excluding hydrogens is 544 g/mol. The average Bonchev–Trinajstić information content (AvgIpc) is 3.52. The predicted octanol–water partition coefficient (Wildman–Crippen LogP) is 3.96. The zero-order chi connectivity index (χ0) is 28.5. The number of H-pyrrole nitrogens is 1. The van der Waals surface area contributed by atoms with E-state index in [1.165, 1.54) is 0 Å². The fourth-order valence-electron chi connectivity index (χ4n) is 5.38. The van der Waals surface area contributed by atoms with Gasteiger partial charge >= 0.3 is 0 Å². The number of ether oxygens (including phenoxy) is 2. The molecule has 0 radical (unpaired) electrons. The van der Waals surface area contributed by atoms with E-state index in [9.17, 15) is 5.26 Å². The average molecular weight is 581 g/mol. The second-order valence-electron chi connectivity index (χ2n) is 10.9. The molecule has 1 aliphatic carbocycles. The summed E-state index contributed by atoms with van der Waals surface area (Å²) in [7, 11) is 0. The van der Waals surface area contributed by atoms with Gasteiger partial charge in [-0.15, -0.1) is 10.2 Å². The molecule has 3 aromatic heterocycles. The highest BCUT2D eigenvalue weighted by Crippen LogP contribution is 2.32. The molecule has 2 aliphatic rings. The predicted molar refractivity (Wildman–Crippen MR) is 155 cm³/mol.